The second kappa shape index (κ2) is 14.2. The molecule has 2 nitrogen and oxygen atoms in total. The minimum atomic E-state index is 0.00719. The van der Waals surface area contributed by atoms with Gasteiger partial charge >= 0.3 is 0 Å². The summed E-state index contributed by atoms with van der Waals surface area (Å²) in [5.74, 6) is 0.841. The van der Waals surface area contributed by atoms with E-state index in [4.69, 9.17) is 4.74 Å². The van der Waals surface area contributed by atoms with Crippen molar-refractivity contribution >= 4 is 23.6 Å². The Morgan fingerprint density at radius 1 is 0.844 bits per heavy atom. The number of ether oxygens (including phenoxy) is 1. The second-order valence-corrected chi connectivity index (χ2v) is 11.2. The van der Waals surface area contributed by atoms with Gasteiger partial charge in [-0.3, -0.25) is 4.79 Å². The minimum absolute atomic E-state index is 0.00719. The fourth-order valence-corrected chi connectivity index (χ4v) is 4.39. The molecule has 0 aliphatic rings. The van der Waals surface area contributed by atoms with Gasteiger partial charge in [0, 0.05) is 15.2 Å². The molecule has 174 valence electrons. The third-order valence-electron chi connectivity index (χ3n) is 5.14. The third kappa shape index (κ3) is 11.0. The van der Waals surface area contributed by atoms with Gasteiger partial charge in [0.1, 0.15) is 5.75 Å². The monoisotopic (exact) mass is 452 g/mol. The number of ketones is 1. The van der Waals surface area contributed by atoms with E-state index in [0.29, 0.717) is 5.56 Å². The molecule has 0 saturated heterocycles. The fourth-order valence-electron chi connectivity index (χ4n) is 3.41. The highest BCUT2D eigenvalue weighted by Crippen LogP contribution is 2.31. The van der Waals surface area contributed by atoms with Crippen LogP contribution in [0.15, 0.2) is 59.5 Å². The van der Waals surface area contributed by atoms with Crippen LogP contribution in [0.5, 0.6) is 5.75 Å². The Hall–Kier alpha value is -2.00. The lowest BCUT2D eigenvalue weighted by Crippen LogP contribution is -2.06. The summed E-state index contributed by atoms with van der Waals surface area (Å²) in [5.41, 5.74) is 1.71. The number of rotatable bonds is 14. The molecule has 0 bridgehead atoms. The molecule has 0 unspecified atom stereocenters. The molecule has 2 rings (SSSR count). The van der Waals surface area contributed by atoms with Crippen LogP contribution < -0.4 is 4.74 Å². The Balaban J connectivity index is 1.71. The van der Waals surface area contributed by atoms with Crippen molar-refractivity contribution in [3.63, 3.8) is 0 Å². The Kier molecular flexibility index (Phi) is 11.7. The van der Waals surface area contributed by atoms with Gasteiger partial charge < -0.3 is 4.74 Å². The number of carbonyl (C=O) groups is 1. The highest BCUT2D eigenvalue weighted by Gasteiger charge is 2.11. The number of thioether (sulfide) groups is 1. The van der Waals surface area contributed by atoms with Crippen molar-refractivity contribution in [3.8, 4) is 5.75 Å². The first-order chi connectivity index (χ1) is 15.4. The molecule has 0 amide bonds. The predicted octanol–water partition coefficient (Wildman–Crippen LogP) is 8.99. The van der Waals surface area contributed by atoms with Crippen molar-refractivity contribution < 1.29 is 9.53 Å². The van der Waals surface area contributed by atoms with Crippen molar-refractivity contribution in [1.82, 2.24) is 0 Å². The molecule has 2 aromatic carbocycles. The van der Waals surface area contributed by atoms with Crippen LogP contribution in [0.2, 0.25) is 0 Å². The van der Waals surface area contributed by atoms with Gasteiger partial charge in [0.15, 0.2) is 5.78 Å². The van der Waals surface area contributed by atoms with Crippen LogP contribution in [-0.4, -0.2) is 17.1 Å². The van der Waals surface area contributed by atoms with Crippen LogP contribution in [0.4, 0.5) is 0 Å². The van der Waals surface area contributed by atoms with Gasteiger partial charge in [-0.25, -0.2) is 0 Å². The van der Waals surface area contributed by atoms with Gasteiger partial charge in [0.2, 0.25) is 0 Å². The van der Waals surface area contributed by atoms with E-state index in [1.165, 1.54) is 49.8 Å². The average molecular weight is 453 g/mol. The predicted molar refractivity (Wildman–Crippen MR) is 140 cm³/mol. The summed E-state index contributed by atoms with van der Waals surface area (Å²) in [6.07, 6.45) is 13.9. The van der Waals surface area contributed by atoms with Crippen molar-refractivity contribution in [2.45, 2.75) is 88.7 Å². The Morgan fingerprint density at radius 3 is 2.03 bits per heavy atom. The highest BCUT2D eigenvalue weighted by molar-refractivity contribution is 8.00. The smallest absolute Gasteiger partial charge is 0.185 e. The van der Waals surface area contributed by atoms with Crippen LogP contribution >= 0.6 is 11.8 Å². The summed E-state index contributed by atoms with van der Waals surface area (Å²) in [6.45, 7) is 9.61. The molecule has 0 aliphatic heterocycles. The van der Waals surface area contributed by atoms with Gasteiger partial charge in [0.05, 0.1) is 6.61 Å². The third-order valence-corrected chi connectivity index (χ3v) is 6.26. The topological polar surface area (TPSA) is 26.3 Å². The summed E-state index contributed by atoms with van der Waals surface area (Å²) >= 11 is 1.84. The lowest BCUT2D eigenvalue weighted by atomic mass is 10.1. The number of benzene rings is 2. The first kappa shape index (κ1) is 26.3. The zero-order valence-corrected chi connectivity index (χ0v) is 21.2. The summed E-state index contributed by atoms with van der Waals surface area (Å²) in [7, 11) is 0. The van der Waals surface area contributed by atoms with Crippen LogP contribution in [0.1, 0.15) is 95.0 Å². The van der Waals surface area contributed by atoms with Crippen LogP contribution in [0.3, 0.4) is 0 Å². The molecule has 0 saturated carbocycles. The van der Waals surface area contributed by atoms with E-state index >= 15 is 0 Å². The van der Waals surface area contributed by atoms with Crippen molar-refractivity contribution in [2.24, 2.45) is 0 Å². The van der Waals surface area contributed by atoms with Gasteiger partial charge in [-0.15, -0.1) is 11.8 Å². The maximum atomic E-state index is 12.5. The van der Waals surface area contributed by atoms with Gasteiger partial charge in [-0.1, -0.05) is 90.8 Å². The number of unbranched alkanes of at least 4 members (excludes halogenated alkanes) is 7. The Morgan fingerprint density at radius 2 is 1.44 bits per heavy atom. The molecule has 3 heteroatoms. The summed E-state index contributed by atoms with van der Waals surface area (Å²) in [6, 6.07) is 15.8. The van der Waals surface area contributed by atoms with E-state index in [1.54, 1.807) is 6.08 Å². The second-order valence-electron chi connectivity index (χ2n) is 9.33. The van der Waals surface area contributed by atoms with Crippen LogP contribution in [-0.2, 0) is 0 Å². The molecule has 2 aromatic rings. The van der Waals surface area contributed by atoms with Gasteiger partial charge in [-0.05, 0) is 54.5 Å². The van der Waals surface area contributed by atoms with Crippen molar-refractivity contribution in [2.75, 3.05) is 6.61 Å². The Labute approximate surface area is 199 Å². The minimum Gasteiger partial charge on any atom is -0.494 e. The molecule has 0 heterocycles. The zero-order chi connectivity index (χ0) is 23.2. The molecule has 0 spiro atoms. The maximum absolute atomic E-state index is 12.5. The molecule has 0 N–H and O–H groups in total. The quantitative estimate of drug-likeness (QED) is 0.124. The summed E-state index contributed by atoms with van der Waals surface area (Å²) in [4.78, 5) is 13.7. The van der Waals surface area contributed by atoms with Crippen molar-refractivity contribution in [1.29, 1.82) is 0 Å². The Bertz CT molecular complexity index is 814. The largest absolute Gasteiger partial charge is 0.494 e. The van der Waals surface area contributed by atoms with E-state index in [9.17, 15) is 4.79 Å². The van der Waals surface area contributed by atoms with E-state index in [0.717, 1.165) is 24.3 Å². The van der Waals surface area contributed by atoms with Gasteiger partial charge in [0.25, 0.3) is 0 Å². The highest BCUT2D eigenvalue weighted by atomic mass is 32.2. The standard InChI is InChI=1S/C29H40O2S/c1-5-6-7-8-9-10-11-12-23-31-26-18-16-25(17-19-26)28(30)22-15-24-13-20-27(21-14-24)32-29(2,3)4/h13-22H,5-12,23H2,1-4H3. The average Bonchev–Trinajstić information content (AvgIpc) is 2.76. The van der Waals surface area contributed by atoms with E-state index in [1.807, 2.05) is 42.1 Å². The van der Waals surface area contributed by atoms with E-state index in [2.05, 4.69) is 52.0 Å². The van der Waals surface area contributed by atoms with E-state index < -0.39 is 0 Å². The lowest BCUT2D eigenvalue weighted by molar-refractivity contribution is 0.104. The maximum Gasteiger partial charge on any atom is 0.185 e. The number of hydrogen-bond donors (Lipinski definition) is 0. The molecule has 32 heavy (non-hydrogen) atoms. The zero-order valence-electron chi connectivity index (χ0n) is 20.4. The fraction of sp³-hybridized carbons (Fsp3) is 0.483. The van der Waals surface area contributed by atoms with Crippen LogP contribution in [0.25, 0.3) is 6.08 Å². The van der Waals surface area contributed by atoms with Crippen molar-refractivity contribution in [3.05, 3.63) is 65.7 Å². The molecule has 0 fully saturated rings. The summed E-state index contributed by atoms with van der Waals surface area (Å²) in [5, 5.41) is 0. The van der Waals surface area contributed by atoms with Gasteiger partial charge in [-0.2, -0.15) is 0 Å². The molecule has 0 radical (unpaired) electrons. The molecule has 0 aromatic heterocycles. The molecular formula is C29H40O2S. The summed E-state index contributed by atoms with van der Waals surface area (Å²) < 4.78 is 6.02. The first-order valence-corrected chi connectivity index (χ1v) is 12.9. The number of carbonyl (C=O) groups excluding carboxylic acids is 1. The van der Waals surface area contributed by atoms with E-state index in [-0.39, 0.29) is 10.5 Å². The first-order valence-electron chi connectivity index (χ1n) is 12.1. The van der Waals surface area contributed by atoms with Crippen LogP contribution in [0, 0.1) is 0 Å². The normalized spacial score (nSPS) is 11.8. The molecule has 0 aliphatic carbocycles. The number of hydrogen-bond acceptors (Lipinski definition) is 3. The SMILES string of the molecule is CCCCCCCCCCOc1ccc(C(=O)C=Cc2ccc(SC(C)(C)C)cc2)cc1. The molecular weight excluding hydrogens is 412 g/mol. The molecule has 0 atom stereocenters. The number of allylic oxidation sites excluding steroid dienone is 1. The lowest BCUT2D eigenvalue weighted by Gasteiger charge is -2.17.